The predicted molar refractivity (Wildman–Crippen MR) is 70.5 cm³/mol. The molecule has 3 N–H and O–H groups in total. The highest BCUT2D eigenvalue weighted by Gasteiger charge is 2.12. The lowest BCUT2D eigenvalue weighted by molar-refractivity contribution is -0.118. The van der Waals surface area contributed by atoms with Crippen molar-refractivity contribution in [3.05, 3.63) is 34.9 Å². The molecule has 0 aliphatic heterocycles. The van der Waals surface area contributed by atoms with E-state index in [1.807, 2.05) is 0 Å². The zero-order valence-electron chi connectivity index (χ0n) is 10.8. The molecule has 0 aromatic heterocycles. The number of aromatic carboxylic acids is 2. The fraction of sp³-hybridized carbons (Fsp3) is 0.214. The van der Waals surface area contributed by atoms with Crippen molar-refractivity contribution >= 4 is 17.8 Å². The third-order valence-electron chi connectivity index (χ3n) is 2.34. The lowest BCUT2D eigenvalue weighted by Crippen LogP contribution is -2.20. The highest BCUT2D eigenvalue weighted by Crippen LogP contribution is 2.11. The summed E-state index contributed by atoms with van der Waals surface area (Å²) in [5.74, 6) is 2.79. The molecule has 0 saturated carbocycles. The molecule has 0 saturated heterocycles. The van der Waals surface area contributed by atoms with Gasteiger partial charge >= 0.3 is 11.9 Å². The monoisotopic (exact) mass is 275 g/mol. The predicted octanol–water partition coefficient (Wildman–Crippen LogP) is 0.961. The van der Waals surface area contributed by atoms with Gasteiger partial charge in [0, 0.05) is 25.5 Å². The Labute approximate surface area is 115 Å². The van der Waals surface area contributed by atoms with E-state index in [-0.39, 0.29) is 22.6 Å². The number of carbonyl (C=O) groups excluding carboxylic acids is 1. The standard InChI is InChI=1S/C14H13NO5/c1-9(16)15-7-3-2-4-10-5-6-11(13(17)18)8-12(10)14(19)20/h5-6,8H,3,7H2,1H3,(H,15,16)(H,17,18)(H,19,20). The molecule has 0 aliphatic carbocycles. The first-order valence-corrected chi connectivity index (χ1v) is 5.75. The van der Waals surface area contributed by atoms with Gasteiger partial charge in [-0.15, -0.1) is 0 Å². The minimum Gasteiger partial charge on any atom is -0.478 e. The molecule has 0 fully saturated rings. The second kappa shape index (κ2) is 6.95. The minimum atomic E-state index is -1.24. The molecule has 0 heterocycles. The van der Waals surface area contributed by atoms with Crippen molar-refractivity contribution in [2.24, 2.45) is 0 Å². The largest absolute Gasteiger partial charge is 0.478 e. The highest BCUT2D eigenvalue weighted by atomic mass is 16.4. The van der Waals surface area contributed by atoms with Crippen molar-refractivity contribution in [1.29, 1.82) is 0 Å². The Morgan fingerprint density at radius 1 is 1.20 bits per heavy atom. The molecule has 20 heavy (non-hydrogen) atoms. The summed E-state index contributed by atoms with van der Waals surface area (Å²) in [6, 6.07) is 3.73. The number of carboxylic acids is 2. The molecule has 0 atom stereocenters. The van der Waals surface area contributed by atoms with Crippen molar-refractivity contribution in [3.63, 3.8) is 0 Å². The summed E-state index contributed by atoms with van der Waals surface area (Å²) in [6.45, 7) is 1.76. The van der Waals surface area contributed by atoms with Gasteiger partial charge in [0.1, 0.15) is 0 Å². The Balaban J connectivity index is 2.90. The van der Waals surface area contributed by atoms with E-state index in [4.69, 9.17) is 10.2 Å². The molecule has 1 aromatic rings. The molecule has 1 rings (SSSR count). The third-order valence-corrected chi connectivity index (χ3v) is 2.34. The molecule has 104 valence electrons. The summed E-state index contributed by atoms with van der Waals surface area (Å²) < 4.78 is 0. The van der Waals surface area contributed by atoms with Crippen molar-refractivity contribution in [2.45, 2.75) is 13.3 Å². The molecule has 0 radical (unpaired) electrons. The molecule has 1 amide bonds. The zero-order valence-corrected chi connectivity index (χ0v) is 10.8. The highest BCUT2D eigenvalue weighted by molar-refractivity contribution is 5.95. The number of amides is 1. The zero-order chi connectivity index (χ0) is 15.1. The first kappa shape index (κ1) is 15.2. The average Bonchev–Trinajstić information content (AvgIpc) is 2.37. The maximum Gasteiger partial charge on any atom is 0.336 e. The molecule has 0 bridgehead atoms. The van der Waals surface area contributed by atoms with Crippen LogP contribution in [0, 0.1) is 11.8 Å². The number of hydrogen-bond donors (Lipinski definition) is 3. The van der Waals surface area contributed by atoms with E-state index < -0.39 is 11.9 Å². The van der Waals surface area contributed by atoms with Gasteiger partial charge in [-0.25, -0.2) is 9.59 Å². The molecule has 0 aliphatic rings. The second-order valence-corrected chi connectivity index (χ2v) is 3.91. The van der Waals surface area contributed by atoms with E-state index >= 15 is 0 Å². The molecule has 6 nitrogen and oxygen atoms in total. The molecule has 0 spiro atoms. The van der Waals surface area contributed by atoms with Crippen LogP contribution in [-0.4, -0.2) is 34.6 Å². The van der Waals surface area contributed by atoms with Crippen molar-refractivity contribution in [3.8, 4) is 11.8 Å². The van der Waals surface area contributed by atoms with Gasteiger partial charge in [0.25, 0.3) is 0 Å². The van der Waals surface area contributed by atoms with E-state index in [2.05, 4.69) is 17.2 Å². The quantitative estimate of drug-likeness (QED) is 0.561. The summed E-state index contributed by atoms with van der Waals surface area (Å²) >= 11 is 0. The SMILES string of the molecule is CC(=O)NCCC#Cc1ccc(C(=O)O)cc1C(=O)O. The Hall–Kier alpha value is -2.81. The first-order chi connectivity index (χ1) is 9.41. The Kier molecular flexibility index (Phi) is 5.30. The van der Waals surface area contributed by atoms with Crippen LogP contribution in [0.1, 0.15) is 39.6 Å². The summed E-state index contributed by atoms with van der Waals surface area (Å²) in [5.41, 5.74) is -0.0200. The lowest BCUT2D eigenvalue weighted by Gasteiger charge is -2.01. The maximum atomic E-state index is 11.1. The fourth-order valence-corrected chi connectivity index (χ4v) is 1.42. The van der Waals surface area contributed by atoms with Crippen LogP contribution in [0.15, 0.2) is 18.2 Å². The molecular formula is C14H13NO5. The molecule has 1 aromatic carbocycles. The van der Waals surface area contributed by atoms with Crippen LogP contribution in [-0.2, 0) is 4.79 Å². The van der Waals surface area contributed by atoms with Crippen molar-refractivity contribution in [2.75, 3.05) is 6.54 Å². The average molecular weight is 275 g/mol. The minimum absolute atomic E-state index is 0.105. The van der Waals surface area contributed by atoms with Gasteiger partial charge in [-0.1, -0.05) is 11.8 Å². The summed E-state index contributed by atoms with van der Waals surface area (Å²) in [5, 5.41) is 20.4. The number of nitrogens with one attached hydrogen (secondary N) is 1. The Morgan fingerprint density at radius 2 is 1.90 bits per heavy atom. The summed E-state index contributed by atoms with van der Waals surface area (Å²) in [4.78, 5) is 32.5. The Morgan fingerprint density at radius 3 is 2.45 bits per heavy atom. The van der Waals surface area contributed by atoms with E-state index in [1.54, 1.807) is 0 Å². The van der Waals surface area contributed by atoms with Crippen molar-refractivity contribution < 1.29 is 24.6 Å². The van der Waals surface area contributed by atoms with Crippen LogP contribution in [0.3, 0.4) is 0 Å². The van der Waals surface area contributed by atoms with E-state index in [0.29, 0.717) is 13.0 Å². The number of carbonyl (C=O) groups is 3. The van der Waals surface area contributed by atoms with Gasteiger partial charge in [0.15, 0.2) is 0 Å². The van der Waals surface area contributed by atoms with E-state index in [1.165, 1.54) is 19.1 Å². The normalized spacial score (nSPS) is 9.25. The molecule has 0 unspecified atom stereocenters. The van der Waals surface area contributed by atoms with Gasteiger partial charge in [-0.2, -0.15) is 0 Å². The summed E-state index contributed by atoms with van der Waals surface area (Å²) in [7, 11) is 0. The number of hydrogen-bond acceptors (Lipinski definition) is 3. The van der Waals surface area contributed by atoms with Crippen LogP contribution in [0.5, 0.6) is 0 Å². The van der Waals surface area contributed by atoms with E-state index in [0.717, 1.165) is 6.07 Å². The van der Waals surface area contributed by atoms with Crippen LogP contribution in [0.4, 0.5) is 0 Å². The second-order valence-electron chi connectivity index (χ2n) is 3.91. The molecular weight excluding hydrogens is 262 g/mol. The van der Waals surface area contributed by atoms with E-state index in [9.17, 15) is 14.4 Å². The number of carboxylic acid groups (broad SMARTS) is 2. The topological polar surface area (TPSA) is 104 Å². The first-order valence-electron chi connectivity index (χ1n) is 5.75. The van der Waals surface area contributed by atoms with Crippen LogP contribution in [0.2, 0.25) is 0 Å². The smallest absolute Gasteiger partial charge is 0.336 e. The third kappa shape index (κ3) is 4.46. The van der Waals surface area contributed by atoms with Crippen LogP contribution >= 0.6 is 0 Å². The maximum absolute atomic E-state index is 11.1. The van der Waals surface area contributed by atoms with Gasteiger partial charge in [-0.05, 0) is 18.2 Å². The van der Waals surface area contributed by atoms with Gasteiger partial charge in [0.2, 0.25) is 5.91 Å². The summed E-state index contributed by atoms with van der Waals surface area (Å²) in [6.07, 6.45) is 0.374. The van der Waals surface area contributed by atoms with Crippen LogP contribution < -0.4 is 5.32 Å². The Bertz CT molecular complexity index is 610. The number of rotatable bonds is 4. The van der Waals surface area contributed by atoms with Crippen molar-refractivity contribution in [1.82, 2.24) is 5.32 Å². The van der Waals surface area contributed by atoms with Gasteiger partial charge < -0.3 is 15.5 Å². The fourth-order valence-electron chi connectivity index (χ4n) is 1.42. The van der Waals surface area contributed by atoms with Gasteiger partial charge in [-0.3, -0.25) is 4.79 Å². The van der Waals surface area contributed by atoms with Gasteiger partial charge in [0.05, 0.1) is 11.1 Å². The molecule has 6 heteroatoms. The van der Waals surface area contributed by atoms with Crippen LogP contribution in [0.25, 0.3) is 0 Å². The lowest BCUT2D eigenvalue weighted by atomic mass is 10.0. The number of benzene rings is 1.